The number of piperidine rings is 1. The van der Waals surface area contributed by atoms with Crippen LogP contribution in [-0.4, -0.2) is 40.2 Å². The number of benzene rings is 3. The van der Waals surface area contributed by atoms with Crippen molar-refractivity contribution in [3.8, 4) is 11.3 Å². The number of hydrogen-bond donors (Lipinski definition) is 1. The summed E-state index contributed by atoms with van der Waals surface area (Å²) in [6.45, 7) is 5.41. The minimum absolute atomic E-state index is 0.0343. The Morgan fingerprint density at radius 1 is 0.923 bits per heavy atom. The first kappa shape index (κ1) is 27.1. The summed E-state index contributed by atoms with van der Waals surface area (Å²) < 4.78 is 1.63. The molecule has 0 spiro atoms. The zero-order valence-corrected chi connectivity index (χ0v) is 23.2. The van der Waals surface area contributed by atoms with Crippen molar-refractivity contribution in [2.45, 2.75) is 51.5 Å². The van der Waals surface area contributed by atoms with Crippen LogP contribution in [0.4, 0.5) is 5.69 Å². The Morgan fingerprint density at radius 3 is 2.38 bits per heavy atom. The lowest BCUT2D eigenvalue weighted by molar-refractivity contribution is -0.114. The predicted molar refractivity (Wildman–Crippen MR) is 159 cm³/mol. The van der Waals surface area contributed by atoms with Crippen molar-refractivity contribution in [3.63, 3.8) is 0 Å². The number of likely N-dealkylation sites (tertiary alicyclic amines) is 1. The van der Waals surface area contributed by atoms with E-state index >= 15 is 0 Å². The van der Waals surface area contributed by atoms with E-state index in [1.807, 2.05) is 60.7 Å². The Labute approximate surface area is 234 Å². The van der Waals surface area contributed by atoms with Gasteiger partial charge in [0.15, 0.2) is 0 Å². The molecule has 0 atom stereocenters. The number of hydrogen-bond acceptors (Lipinski definition) is 4. The van der Waals surface area contributed by atoms with Gasteiger partial charge in [-0.3, -0.25) is 9.59 Å². The van der Waals surface area contributed by atoms with E-state index in [1.165, 1.54) is 5.56 Å². The Balaban J connectivity index is 1.13. The summed E-state index contributed by atoms with van der Waals surface area (Å²) in [6.07, 6.45) is 5.34. The second-order valence-electron chi connectivity index (χ2n) is 10.4. The molecule has 39 heavy (non-hydrogen) atoms. The van der Waals surface area contributed by atoms with Gasteiger partial charge < -0.3 is 10.2 Å². The molecule has 1 fully saturated rings. The van der Waals surface area contributed by atoms with Crippen molar-refractivity contribution in [2.24, 2.45) is 0 Å². The van der Waals surface area contributed by atoms with Gasteiger partial charge in [-0.1, -0.05) is 60.5 Å². The van der Waals surface area contributed by atoms with Crippen molar-refractivity contribution >= 4 is 34.0 Å². The number of aromatic nitrogens is 2. The molecule has 0 radical (unpaired) electrons. The number of halogens is 1. The van der Waals surface area contributed by atoms with Crippen molar-refractivity contribution in [1.29, 1.82) is 0 Å². The van der Waals surface area contributed by atoms with Gasteiger partial charge in [0, 0.05) is 35.1 Å². The van der Waals surface area contributed by atoms with Crippen molar-refractivity contribution in [3.05, 3.63) is 93.7 Å². The Bertz CT molecular complexity index is 1490. The first-order valence-corrected chi connectivity index (χ1v) is 14.2. The number of unbranched alkanes of at least 4 members (excludes halogenated alkanes) is 2. The van der Waals surface area contributed by atoms with E-state index in [2.05, 4.69) is 22.3 Å². The maximum Gasteiger partial charge on any atom is 0.274 e. The van der Waals surface area contributed by atoms with Gasteiger partial charge in [0.25, 0.3) is 5.56 Å². The van der Waals surface area contributed by atoms with E-state index in [9.17, 15) is 9.59 Å². The molecule has 0 unspecified atom stereocenters. The highest BCUT2D eigenvalue weighted by atomic mass is 35.5. The van der Waals surface area contributed by atoms with Gasteiger partial charge in [-0.15, -0.1) is 0 Å². The zero-order valence-electron chi connectivity index (χ0n) is 22.4. The van der Waals surface area contributed by atoms with Crippen LogP contribution in [0.1, 0.15) is 50.5 Å². The molecular formula is C32H35ClN4O2. The van der Waals surface area contributed by atoms with Crippen molar-refractivity contribution in [1.82, 2.24) is 14.7 Å². The highest BCUT2D eigenvalue weighted by molar-refractivity contribution is 6.30. The molecule has 2 heterocycles. The molecule has 5 rings (SSSR count). The molecule has 0 bridgehead atoms. The summed E-state index contributed by atoms with van der Waals surface area (Å²) in [5, 5.41) is 9.91. The standard InChI is InChI=1S/C32H35ClN4O2/c1-23(38)34-28-9-7-8-26(22-28)24-16-20-36(21-17-24)18-5-2-6-19-37-32(39)30-11-4-3-10-29(30)31(35-37)25-12-14-27(33)15-13-25/h3-4,7-15,22,24H,2,5-6,16-21H2,1H3,(H,34,38). The summed E-state index contributed by atoms with van der Waals surface area (Å²) in [6, 6.07) is 23.6. The molecule has 1 amide bonds. The van der Waals surface area contributed by atoms with Crippen LogP contribution >= 0.6 is 11.6 Å². The average Bonchev–Trinajstić information content (AvgIpc) is 2.95. The molecule has 1 aromatic heterocycles. The van der Waals surface area contributed by atoms with Gasteiger partial charge in [-0.25, -0.2) is 4.68 Å². The number of rotatable bonds is 9. The number of carbonyl (C=O) groups is 1. The maximum atomic E-state index is 13.1. The number of nitrogens with one attached hydrogen (secondary N) is 1. The number of nitrogens with zero attached hydrogens (tertiary/aromatic N) is 3. The van der Waals surface area contributed by atoms with Gasteiger partial charge >= 0.3 is 0 Å². The fraction of sp³-hybridized carbons (Fsp3) is 0.344. The quantitative estimate of drug-likeness (QED) is 0.238. The second kappa shape index (κ2) is 12.6. The summed E-state index contributed by atoms with van der Waals surface area (Å²) >= 11 is 6.09. The molecule has 3 aromatic carbocycles. The Hall–Kier alpha value is -3.48. The lowest BCUT2D eigenvalue weighted by atomic mass is 9.89. The fourth-order valence-corrected chi connectivity index (χ4v) is 5.67. The topological polar surface area (TPSA) is 67.2 Å². The number of aryl methyl sites for hydroxylation is 1. The largest absolute Gasteiger partial charge is 0.326 e. The summed E-state index contributed by atoms with van der Waals surface area (Å²) in [4.78, 5) is 27.1. The van der Waals surface area contributed by atoms with Crippen molar-refractivity contribution < 1.29 is 4.79 Å². The van der Waals surface area contributed by atoms with E-state index < -0.39 is 0 Å². The number of fused-ring (bicyclic) bond motifs is 1. The Morgan fingerprint density at radius 2 is 1.64 bits per heavy atom. The molecule has 1 saturated heterocycles. The van der Waals surface area contributed by atoms with Crippen LogP contribution in [0.15, 0.2) is 77.6 Å². The van der Waals surface area contributed by atoms with Crippen LogP contribution < -0.4 is 10.9 Å². The number of carbonyl (C=O) groups excluding carboxylic acids is 1. The zero-order chi connectivity index (χ0) is 27.2. The predicted octanol–water partition coefficient (Wildman–Crippen LogP) is 6.73. The highest BCUT2D eigenvalue weighted by Gasteiger charge is 2.20. The second-order valence-corrected chi connectivity index (χ2v) is 10.8. The minimum Gasteiger partial charge on any atom is -0.326 e. The first-order chi connectivity index (χ1) is 19.0. The molecule has 1 aliphatic rings. The lowest BCUT2D eigenvalue weighted by Gasteiger charge is -2.32. The summed E-state index contributed by atoms with van der Waals surface area (Å²) in [5.74, 6) is 0.501. The molecule has 202 valence electrons. The SMILES string of the molecule is CC(=O)Nc1cccc(C2CCN(CCCCCn3nc(-c4ccc(Cl)cc4)c4ccccc4c3=O)CC2)c1. The monoisotopic (exact) mass is 542 g/mol. The maximum absolute atomic E-state index is 13.1. The third-order valence-electron chi connectivity index (χ3n) is 7.60. The smallest absolute Gasteiger partial charge is 0.274 e. The first-order valence-electron chi connectivity index (χ1n) is 13.8. The van der Waals surface area contributed by atoms with E-state index in [0.29, 0.717) is 22.9 Å². The summed E-state index contributed by atoms with van der Waals surface area (Å²) in [7, 11) is 0. The number of anilines is 1. The van der Waals surface area contributed by atoms with Crippen LogP contribution in [0.5, 0.6) is 0 Å². The van der Waals surface area contributed by atoms with Crippen LogP contribution in [0.3, 0.4) is 0 Å². The van der Waals surface area contributed by atoms with Gasteiger partial charge in [0.2, 0.25) is 5.91 Å². The number of amides is 1. The molecule has 0 saturated carbocycles. The summed E-state index contributed by atoms with van der Waals surface area (Å²) in [5.41, 5.74) is 3.92. The molecule has 1 aliphatic heterocycles. The third-order valence-corrected chi connectivity index (χ3v) is 7.85. The molecular weight excluding hydrogens is 508 g/mol. The fourth-order valence-electron chi connectivity index (χ4n) is 5.54. The molecule has 1 N–H and O–H groups in total. The minimum atomic E-state index is -0.0368. The van der Waals surface area contributed by atoms with E-state index in [1.54, 1.807) is 11.6 Å². The molecule has 4 aromatic rings. The molecule has 7 heteroatoms. The van der Waals surface area contributed by atoms with E-state index in [4.69, 9.17) is 16.7 Å². The molecule has 6 nitrogen and oxygen atoms in total. The van der Waals surface area contributed by atoms with E-state index in [-0.39, 0.29) is 11.5 Å². The third kappa shape index (κ3) is 6.75. The van der Waals surface area contributed by atoms with Crippen LogP contribution in [0.2, 0.25) is 5.02 Å². The van der Waals surface area contributed by atoms with Crippen molar-refractivity contribution in [2.75, 3.05) is 25.0 Å². The van der Waals surface area contributed by atoms with Crippen LogP contribution in [-0.2, 0) is 11.3 Å². The highest BCUT2D eigenvalue weighted by Crippen LogP contribution is 2.30. The van der Waals surface area contributed by atoms with Gasteiger partial charge in [-0.05, 0) is 87.1 Å². The van der Waals surface area contributed by atoms with Gasteiger partial charge in [-0.2, -0.15) is 5.10 Å². The Kier molecular flexibility index (Phi) is 8.74. The van der Waals surface area contributed by atoms with Gasteiger partial charge in [0.1, 0.15) is 0 Å². The normalized spacial score (nSPS) is 14.5. The average molecular weight is 543 g/mol. The van der Waals surface area contributed by atoms with Gasteiger partial charge in [0.05, 0.1) is 11.1 Å². The lowest BCUT2D eigenvalue weighted by Crippen LogP contribution is -2.33. The van der Waals surface area contributed by atoms with Crippen LogP contribution in [0.25, 0.3) is 22.0 Å². The van der Waals surface area contributed by atoms with E-state index in [0.717, 1.165) is 74.1 Å². The van der Waals surface area contributed by atoms with Crippen LogP contribution in [0, 0.1) is 0 Å². The molecule has 0 aliphatic carbocycles.